The van der Waals surface area contributed by atoms with E-state index in [4.69, 9.17) is 0 Å². The number of benzene rings is 1. The van der Waals surface area contributed by atoms with Crippen LogP contribution in [0.25, 0.3) is 0 Å². The zero-order valence-electron chi connectivity index (χ0n) is 12.1. The summed E-state index contributed by atoms with van der Waals surface area (Å²) in [5.74, 6) is 0. The maximum Gasteiger partial charge on any atom is 0.0367 e. The highest BCUT2D eigenvalue weighted by Crippen LogP contribution is 2.25. The lowest BCUT2D eigenvalue weighted by molar-refractivity contribution is 0.148. The Kier molecular flexibility index (Phi) is 4.07. The van der Waals surface area contributed by atoms with Gasteiger partial charge in [-0.15, -0.1) is 0 Å². The minimum atomic E-state index is 0.883. The number of hydrogen-bond acceptors (Lipinski definition) is 2. The SMILES string of the molecule is Cc1ccc(N2CCN(C3CCCCC3)CC2)cc1. The maximum absolute atomic E-state index is 2.74. The molecule has 2 fully saturated rings. The van der Waals surface area contributed by atoms with Gasteiger partial charge in [-0.1, -0.05) is 37.0 Å². The number of anilines is 1. The highest BCUT2D eigenvalue weighted by molar-refractivity contribution is 5.47. The molecular weight excluding hydrogens is 232 g/mol. The smallest absolute Gasteiger partial charge is 0.0367 e. The van der Waals surface area contributed by atoms with Crippen LogP contribution in [0.1, 0.15) is 37.7 Å². The number of rotatable bonds is 2. The molecule has 0 radical (unpaired) electrons. The Hall–Kier alpha value is -1.02. The molecule has 0 amide bonds. The summed E-state index contributed by atoms with van der Waals surface area (Å²) in [6.07, 6.45) is 7.22. The number of piperazine rings is 1. The van der Waals surface area contributed by atoms with Crippen molar-refractivity contribution < 1.29 is 0 Å². The van der Waals surface area contributed by atoms with Crippen LogP contribution in [0.2, 0.25) is 0 Å². The molecule has 2 heteroatoms. The molecule has 19 heavy (non-hydrogen) atoms. The maximum atomic E-state index is 2.74. The molecule has 1 saturated carbocycles. The molecule has 1 aromatic carbocycles. The van der Waals surface area contributed by atoms with Crippen LogP contribution in [0, 0.1) is 6.92 Å². The standard InChI is InChI=1S/C17H26N2/c1-15-7-9-17(10-8-15)19-13-11-18(12-14-19)16-5-3-2-4-6-16/h7-10,16H,2-6,11-14H2,1H3. The highest BCUT2D eigenvalue weighted by atomic mass is 15.3. The summed E-state index contributed by atoms with van der Waals surface area (Å²) in [6.45, 7) is 7.04. The molecule has 0 spiro atoms. The average Bonchev–Trinajstić information content (AvgIpc) is 2.49. The van der Waals surface area contributed by atoms with Crippen molar-refractivity contribution in [2.75, 3.05) is 31.1 Å². The van der Waals surface area contributed by atoms with Crippen molar-refractivity contribution in [3.05, 3.63) is 29.8 Å². The Morgan fingerprint density at radius 3 is 2.11 bits per heavy atom. The first-order valence-corrected chi connectivity index (χ1v) is 7.88. The fourth-order valence-electron chi connectivity index (χ4n) is 3.55. The van der Waals surface area contributed by atoms with Gasteiger partial charge in [-0.2, -0.15) is 0 Å². The van der Waals surface area contributed by atoms with Crippen LogP contribution >= 0.6 is 0 Å². The lowest BCUT2D eigenvalue weighted by Crippen LogP contribution is -2.50. The fraction of sp³-hybridized carbons (Fsp3) is 0.647. The summed E-state index contributed by atoms with van der Waals surface area (Å²) in [5, 5.41) is 0. The Labute approximate surface area is 117 Å². The van der Waals surface area contributed by atoms with Gasteiger partial charge in [0.25, 0.3) is 0 Å². The van der Waals surface area contributed by atoms with Gasteiger partial charge in [0.1, 0.15) is 0 Å². The Morgan fingerprint density at radius 1 is 0.842 bits per heavy atom. The minimum absolute atomic E-state index is 0.883. The fourth-order valence-corrected chi connectivity index (χ4v) is 3.55. The number of nitrogens with zero attached hydrogens (tertiary/aromatic N) is 2. The summed E-state index contributed by atoms with van der Waals surface area (Å²) in [7, 11) is 0. The second-order valence-electron chi connectivity index (χ2n) is 6.15. The topological polar surface area (TPSA) is 6.48 Å². The molecule has 2 nitrogen and oxygen atoms in total. The van der Waals surface area contributed by atoms with Gasteiger partial charge in [-0.25, -0.2) is 0 Å². The molecule has 3 rings (SSSR count). The minimum Gasteiger partial charge on any atom is -0.369 e. The molecular formula is C17H26N2. The molecule has 0 bridgehead atoms. The third kappa shape index (κ3) is 3.11. The number of aryl methyl sites for hydroxylation is 1. The zero-order valence-corrected chi connectivity index (χ0v) is 12.1. The van der Waals surface area contributed by atoms with Gasteiger partial charge < -0.3 is 4.90 Å². The molecule has 1 aromatic rings. The van der Waals surface area contributed by atoms with E-state index in [2.05, 4.69) is 41.0 Å². The van der Waals surface area contributed by atoms with Crippen molar-refractivity contribution >= 4 is 5.69 Å². The largest absolute Gasteiger partial charge is 0.369 e. The van der Waals surface area contributed by atoms with E-state index < -0.39 is 0 Å². The normalized spacial score (nSPS) is 22.7. The van der Waals surface area contributed by atoms with Crippen LogP contribution in [0.15, 0.2) is 24.3 Å². The Morgan fingerprint density at radius 2 is 1.47 bits per heavy atom. The summed E-state index contributed by atoms with van der Waals surface area (Å²) < 4.78 is 0. The van der Waals surface area contributed by atoms with E-state index in [0.717, 1.165) is 6.04 Å². The van der Waals surface area contributed by atoms with Crippen molar-refractivity contribution in [1.29, 1.82) is 0 Å². The third-order valence-corrected chi connectivity index (χ3v) is 4.80. The molecule has 0 unspecified atom stereocenters. The summed E-state index contributed by atoms with van der Waals surface area (Å²) in [4.78, 5) is 5.28. The van der Waals surface area contributed by atoms with Gasteiger partial charge in [0.2, 0.25) is 0 Å². The van der Waals surface area contributed by atoms with Gasteiger partial charge >= 0.3 is 0 Å². The third-order valence-electron chi connectivity index (χ3n) is 4.80. The summed E-state index contributed by atoms with van der Waals surface area (Å²) in [6, 6.07) is 9.87. The molecule has 1 aliphatic carbocycles. The van der Waals surface area contributed by atoms with Crippen LogP contribution in [0.4, 0.5) is 5.69 Å². The lowest BCUT2D eigenvalue weighted by Gasteiger charge is -2.41. The van der Waals surface area contributed by atoms with Crippen molar-refractivity contribution in [2.24, 2.45) is 0 Å². The molecule has 0 N–H and O–H groups in total. The predicted octanol–water partition coefficient (Wildman–Crippen LogP) is 3.45. The molecule has 0 atom stereocenters. The first kappa shape index (κ1) is 13.0. The van der Waals surface area contributed by atoms with Crippen molar-refractivity contribution in [2.45, 2.75) is 45.1 Å². The predicted molar refractivity (Wildman–Crippen MR) is 81.8 cm³/mol. The van der Waals surface area contributed by atoms with E-state index in [9.17, 15) is 0 Å². The van der Waals surface area contributed by atoms with Crippen LogP contribution in [0.3, 0.4) is 0 Å². The van der Waals surface area contributed by atoms with E-state index in [1.54, 1.807) is 0 Å². The lowest BCUT2D eigenvalue weighted by atomic mass is 9.94. The van der Waals surface area contributed by atoms with Crippen LogP contribution in [-0.4, -0.2) is 37.1 Å². The average molecular weight is 258 g/mol. The van der Waals surface area contributed by atoms with Crippen LogP contribution in [0.5, 0.6) is 0 Å². The van der Waals surface area contributed by atoms with E-state index in [-0.39, 0.29) is 0 Å². The molecule has 1 heterocycles. The second-order valence-corrected chi connectivity index (χ2v) is 6.15. The zero-order chi connectivity index (χ0) is 13.1. The number of hydrogen-bond donors (Lipinski definition) is 0. The van der Waals surface area contributed by atoms with E-state index in [1.165, 1.54) is 69.5 Å². The van der Waals surface area contributed by atoms with Gasteiger partial charge in [0.15, 0.2) is 0 Å². The van der Waals surface area contributed by atoms with Crippen LogP contribution < -0.4 is 4.90 Å². The van der Waals surface area contributed by atoms with E-state index >= 15 is 0 Å². The summed E-state index contributed by atoms with van der Waals surface area (Å²) >= 11 is 0. The van der Waals surface area contributed by atoms with Gasteiger partial charge in [-0.3, -0.25) is 4.90 Å². The Bertz CT molecular complexity index is 384. The molecule has 0 aromatic heterocycles. The van der Waals surface area contributed by atoms with Crippen molar-refractivity contribution in [3.8, 4) is 0 Å². The van der Waals surface area contributed by atoms with Gasteiger partial charge in [-0.05, 0) is 31.9 Å². The van der Waals surface area contributed by atoms with Gasteiger partial charge in [0, 0.05) is 37.9 Å². The van der Waals surface area contributed by atoms with E-state index in [1.807, 2.05) is 0 Å². The molecule has 2 aliphatic rings. The quantitative estimate of drug-likeness (QED) is 0.801. The molecule has 104 valence electrons. The van der Waals surface area contributed by atoms with Crippen molar-refractivity contribution in [3.63, 3.8) is 0 Å². The first-order valence-electron chi connectivity index (χ1n) is 7.88. The van der Waals surface area contributed by atoms with Crippen molar-refractivity contribution in [1.82, 2.24) is 4.90 Å². The monoisotopic (exact) mass is 258 g/mol. The van der Waals surface area contributed by atoms with E-state index in [0.29, 0.717) is 0 Å². The van der Waals surface area contributed by atoms with Crippen LogP contribution in [-0.2, 0) is 0 Å². The molecule has 1 aliphatic heterocycles. The Balaban J connectivity index is 1.55. The molecule has 1 saturated heterocycles. The summed E-state index contributed by atoms with van der Waals surface area (Å²) in [5.41, 5.74) is 2.75. The van der Waals surface area contributed by atoms with Gasteiger partial charge in [0.05, 0.1) is 0 Å². The first-order chi connectivity index (χ1) is 9.33. The highest BCUT2D eigenvalue weighted by Gasteiger charge is 2.24. The second kappa shape index (κ2) is 5.96.